The Bertz CT molecular complexity index is 483. The Hall–Kier alpha value is -1.09. The molecule has 0 amide bonds. The van der Waals surface area contributed by atoms with Crippen molar-refractivity contribution < 1.29 is 0 Å². The molecule has 1 atom stereocenters. The van der Waals surface area contributed by atoms with Crippen molar-refractivity contribution in [3.05, 3.63) is 30.5 Å². The minimum Gasteiger partial charge on any atom is -0.399 e. The summed E-state index contributed by atoms with van der Waals surface area (Å²) in [7, 11) is 0. The summed E-state index contributed by atoms with van der Waals surface area (Å²) in [4.78, 5) is 0. The molecule has 1 fully saturated rings. The van der Waals surface area contributed by atoms with Gasteiger partial charge in [-0.25, -0.2) is 0 Å². The third-order valence-electron chi connectivity index (χ3n) is 3.04. The van der Waals surface area contributed by atoms with Crippen LogP contribution in [0, 0.1) is 0 Å². The third kappa shape index (κ3) is 1.51. The van der Waals surface area contributed by atoms with Crippen molar-refractivity contribution in [2.24, 2.45) is 0 Å². The fraction of sp³-hybridized carbons (Fsp3) is 0.333. The molecule has 2 nitrogen and oxygen atoms in total. The van der Waals surface area contributed by atoms with Crippen LogP contribution >= 0.6 is 11.8 Å². The van der Waals surface area contributed by atoms with Gasteiger partial charge in [-0.3, -0.25) is 0 Å². The molecule has 2 aromatic rings. The molecule has 1 aromatic heterocycles. The van der Waals surface area contributed by atoms with E-state index in [1.807, 2.05) is 23.9 Å². The molecule has 1 aliphatic rings. The van der Waals surface area contributed by atoms with E-state index in [9.17, 15) is 0 Å². The Labute approximate surface area is 93.4 Å². The van der Waals surface area contributed by atoms with Crippen LogP contribution in [-0.2, 0) is 0 Å². The molecule has 78 valence electrons. The van der Waals surface area contributed by atoms with Crippen molar-refractivity contribution in [2.45, 2.75) is 12.5 Å². The average Bonchev–Trinajstić information content (AvgIpc) is 2.82. The Morgan fingerprint density at radius 1 is 1.33 bits per heavy atom. The minimum atomic E-state index is 0.677. The zero-order chi connectivity index (χ0) is 10.3. The van der Waals surface area contributed by atoms with Crippen LogP contribution in [0.15, 0.2) is 30.5 Å². The lowest BCUT2D eigenvalue weighted by Crippen LogP contribution is -2.05. The van der Waals surface area contributed by atoms with Gasteiger partial charge in [-0.2, -0.15) is 11.8 Å². The second-order valence-electron chi connectivity index (χ2n) is 4.06. The third-order valence-corrected chi connectivity index (χ3v) is 4.19. The van der Waals surface area contributed by atoms with Crippen molar-refractivity contribution in [1.82, 2.24) is 4.57 Å². The van der Waals surface area contributed by atoms with Gasteiger partial charge in [0.05, 0.1) is 0 Å². The predicted octanol–water partition coefficient (Wildman–Crippen LogP) is 2.90. The summed E-state index contributed by atoms with van der Waals surface area (Å²) in [5.41, 5.74) is 7.94. The predicted molar refractivity (Wildman–Crippen MR) is 67.3 cm³/mol. The molecule has 15 heavy (non-hydrogen) atoms. The highest BCUT2D eigenvalue weighted by atomic mass is 32.2. The molecule has 0 spiro atoms. The van der Waals surface area contributed by atoms with E-state index in [2.05, 4.69) is 22.9 Å². The topological polar surface area (TPSA) is 30.9 Å². The molecule has 0 aliphatic carbocycles. The van der Waals surface area contributed by atoms with Crippen molar-refractivity contribution in [2.75, 3.05) is 17.2 Å². The lowest BCUT2D eigenvalue weighted by Gasteiger charge is -2.12. The first-order valence-corrected chi connectivity index (χ1v) is 6.44. The van der Waals surface area contributed by atoms with Crippen LogP contribution in [0.5, 0.6) is 0 Å². The van der Waals surface area contributed by atoms with Crippen molar-refractivity contribution in [3.63, 3.8) is 0 Å². The van der Waals surface area contributed by atoms with Gasteiger partial charge in [0, 0.05) is 34.6 Å². The number of nitrogens with two attached hydrogens (primary N) is 1. The average molecular weight is 218 g/mol. The summed E-state index contributed by atoms with van der Waals surface area (Å²) in [5.74, 6) is 2.54. The van der Waals surface area contributed by atoms with Crippen molar-refractivity contribution in [1.29, 1.82) is 0 Å². The van der Waals surface area contributed by atoms with Crippen LogP contribution in [0.1, 0.15) is 12.5 Å². The molecule has 1 aromatic carbocycles. The Balaban J connectivity index is 2.11. The second-order valence-corrected chi connectivity index (χ2v) is 5.21. The molecule has 0 bridgehead atoms. The summed E-state index contributed by atoms with van der Waals surface area (Å²) in [5, 5.41) is 1.26. The lowest BCUT2D eigenvalue weighted by atomic mass is 10.2. The number of aromatic nitrogens is 1. The number of thioether (sulfide) groups is 1. The number of hydrogen-bond acceptors (Lipinski definition) is 2. The first-order chi connectivity index (χ1) is 7.34. The molecule has 1 unspecified atom stereocenters. The molecular weight excluding hydrogens is 204 g/mol. The van der Waals surface area contributed by atoms with Crippen LogP contribution in [0.2, 0.25) is 0 Å². The van der Waals surface area contributed by atoms with Crippen LogP contribution in [-0.4, -0.2) is 16.1 Å². The van der Waals surface area contributed by atoms with Gasteiger partial charge in [-0.15, -0.1) is 0 Å². The fourth-order valence-corrected chi connectivity index (χ4v) is 3.45. The lowest BCUT2D eigenvalue weighted by molar-refractivity contribution is 0.579. The normalized spacial score (nSPS) is 21.2. The number of benzene rings is 1. The molecule has 3 heteroatoms. The first-order valence-electron chi connectivity index (χ1n) is 5.28. The maximum Gasteiger partial charge on any atom is 0.0484 e. The summed E-state index contributed by atoms with van der Waals surface area (Å²) in [6.07, 6.45) is 3.49. The number of nitrogens with zero attached hydrogens (tertiary/aromatic N) is 1. The standard InChI is InChI=1S/C12H14N2S/c13-10-1-2-12-9(7-10)3-5-14(12)11-4-6-15-8-11/h1-3,5,7,11H,4,6,8,13H2. The van der Waals surface area contributed by atoms with Crippen LogP contribution in [0.3, 0.4) is 0 Å². The quantitative estimate of drug-likeness (QED) is 0.746. The van der Waals surface area contributed by atoms with E-state index in [-0.39, 0.29) is 0 Å². The monoisotopic (exact) mass is 218 g/mol. The van der Waals surface area contributed by atoms with E-state index in [4.69, 9.17) is 5.73 Å². The van der Waals surface area contributed by atoms with E-state index in [0.717, 1.165) is 5.69 Å². The van der Waals surface area contributed by atoms with E-state index >= 15 is 0 Å². The molecule has 0 radical (unpaired) electrons. The van der Waals surface area contributed by atoms with E-state index in [1.165, 1.54) is 28.8 Å². The maximum atomic E-state index is 5.77. The van der Waals surface area contributed by atoms with E-state index < -0.39 is 0 Å². The highest BCUT2D eigenvalue weighted by Crippen LogP contribution is 2.31. The van der Waals surface area contributed by atoms with Gasteiger partial charge in [0.2, 0.25) is 0 Å². The zero-order valence-corrected chi connectivity index (χ0v) is 9.33. The number of rotatable bonds is 1. The van der Waals surface area contributed by atoms with Crippen molar-refractivity contribution >= 4 is 28.4 Å². The van der Waals surface area contributed by atoms with Crippen LogP contribution < -0.4 is 5.73 Å². The SMILES string of the molecule is Nc1ccc2c(ccn2C2CCSC2)c1. The van der Waals surface area contributed by atoms with E-state index in [0.29, 0.717) is 6.04 Å². The largest absolute Gasteiger partial charge is 0.399 e. The summed E-state index contributed by atoms with van der Waals surface area (Å²) < 4.78 is 2.40. The highest BCUT2D eigenvalue weighted by Gasteiger charge is 2.18. The molecule has 0 saturated carbocycles. The summed E-state index contributed by atoms with van der Waals surface area (Å²) >= 11 is 2.05. The Morgan fingerprint density at radius 3 is 3.07 bits per heavy atom. The smallest absolute Gasteiger partial charge is 0.0484 e. The molecular formula is C12H14N2S. The molecule has 3 rings (SSSR count). The van der Waals surface area contributed by atoms with Gasteiger partial charge in [-0.05, 0) is 36.4 Å². The molecule has 2 heterocycles. The highest BCUT2D eigenvalue weighted by molar-refractivity contribution is 7.99. The van der Waals surface area contributed by atoms with Gasteiger partial charge in [-0.1, -0.05) is 0 Å². The number of fused-ring (bicyclic) bond motifs is 1. The van der Waals surface area contributed by atoms with Gasteiger partial charge in [0.1, 0.15) is 0 Å². The zero-order valence-electron chi connectivity index (χ0n) is 8.52. The van der Waals surface area contributed by atoms with Gasteiger partial charge in [0.15, 0.2) is 0 Å². The van der Waals surface area contributed by atoms with Crippen LogP contribution in [0.25, 0.3) is 10.9 Å². The summed E-state index contributed by atoms with van der Waals surface area (Å²) in [6, 6.07) is 9.01. The fourth-order valence-electron chi connectivity index (χ4n) is 2.24. The second kappa shape index (κ2) is 3.49. The summed E-state index contributed by atoms with van der Waals surface area (Å²) in [6.45, 7) is 0. The number of nitrogen functional groups attached to an aromatic ring is 1. The maximum absolute atomic E-state index is 5.77. The van der Waals surface area contributed by atoms with Crippen molar-refractivity contribution in [3.8, 4) is 0 Å². The first kappa shape index (κ1) is 9.16. The van der Waals surface area contributed by atoms with Gasteiger partial charge in [0.25, 0.3) is 0 Å². The minimum absolute atomic E-state index is 0.677. The Kier molecular flexibility index (Phi) is 2.13. The van der Waals surface area contributed by atoms with Gasteiger partial charge < -0.3 is 10.3 Å². The molecule has 2 N–H and O–H groups in total. The van der Waals surface area contributed by atoms with E-state index in [1.54, 1.807) is 0 Å². The number of hydrogen-bond donors (Lipinski definition) is 1. The van der Waals surface area contributed by atoms with Crippen LogP contribution in [0.4, 0.5) is 5.69 Å². The molecule has 1 aliphatic heterocycles. The van der Waals surface area contributed by atoms with Gasteiger partial charge >= 0.3 is 0 Å². The molecule has 1 saturated heterocycles. The Morgan fingerprint density at radius 2 is 2.27 bits per heavy atom. The number of anilines is 1.